The van der Waals surface area contributed by atoms with Crippen LogP contribution in [-0.2, 0) is 6.54 Å². The summed E-state index contributed by atoms with van der Waals surface area (Å²) in [6, 6.07) is 28.9. The van der Waals surface area contributed by atoms with E-state index in [1.54, 1.807) is 23.0 Å². The molecule has 1 N–H and O–H groups in total. The predicted molar refractivity (Wildman–Crippen MR) is 120 cm³/mol. The van der Waals surface area contributed by atoms with E-state index in [0.717, 1.165) is 16.7 Å². The molecule has 1 amide bonds. The molecule has 0 radical (unpaired) electrons. The molecule has 0 aliphatic carbocycles. The van der Waals surface area contributed by atoms with Crippen LogP contribution in [0.5, 0.6) is 0 Å². The van der Waals surface area contributed by atoms with Crippen molar-refractivity contribution in [1.82, 2.24) is 15.1 Å². The van der Waals surface area contributed by atoms with Gasteiger partial charge in [0, 0.05) is 11.8 Å². The fourth-order valence-corrected chi connectivity index (χ4v) is 3.45. The van der Waals surface area contributed by atoms with Crippen LogP contribution in [0.3, 0.4) is 0 Å². The lowest BCUT2D eigenvalue weighted by Gasteiger charge is -2.14. The van der Waals surface area contributed by atoms with E-state index in [1.165, 1.54) is 0 Å². The first-order chi connectivity index (χ1) is 15.1. The van der Waals surface area contributed by atoms with Gasteiger partial charge < -0.3 is 5.32 Å². The Balaban J connectivity index is 1.61. The first kappa shape index (κ1) is 20.1. The Hall–Kier alpha value is -4.17. The number of benzene rings is 3. The number of hydrogen-bond donors (Lipinski definition) is 1. The molecule has 5 nitrogen and oxygen atoms in total. The van der Waals surface area contributed by atoms with E-state index in [2.05, 4.69) is 11.4 Å². The van der Waals surface area contributed by atoms with Gasteiger partial charge in [0.25, 0.3) is 5.91 Å². The van der Waals surface area contributed by atoms with Gasteiger partial charge in [0.2, 0.25) is 0 Å². The highest BCUT2D eigenvalue weighted by Gasteiger charge is 2.20. The summed E-state index contributed by atoms with van der Waals surface area (Å²) >= 11 is 0. The van der Waals surface area contributed by atoms with Crippen molar-refractivity contribution in [3.63, 3.8) is 0 Å². The van der Waals surface area contributed by atoms with E-state index >= 15 is 0 Å². The second kappa shape index (κ2) is 9.10. The van der Waals surface area contributed by atoms with Gasteiger partial charge in [-0.25, -0.2) is 0 Å². The molecule has 3 aromatic carbocycles. The Bertz CT molecular complexity index is 1210. The topological polar surface area (TPSA) is 70.7 Å². The van der Waals surface area contributed by atoms with Crippen molar-refractivity contribution < 1.29 is 4.79 Å². The molecule has 1 aromatic heterocycles. The van der Waals surface area contributed by atoms with Crippen LogP contribution in [0.15, 0.2) is 91.1 Å². The lowest BCUT2D eigenvalue weighted by Crippen LogP contribution is -2.26. The molecular formula is C26H22N4O. The largest absolute Gasteiger partial charge is 0.345 e. The van der Waals surface area contributed by atoms with E-state index in [-0.39, 0.29) is 11.9 Å². The maximum Gasteiger partial charge on any atom is 0.255 e. The Morgan fingerprint density at radius 2 is 1.65 bits per heavy atom. The maximum atomic E-state index is 13.2. The number of nitrogens with zero attached hydrogens (tertiary/aromatic N) is 3. The second-order valence-electron chi connectivity index (χ2n) is 7.37. The smallest absolute Gasteiger partial charge is 0.255 e. The number of aromatic nitrogens is 2. The molecule has 4 aromatic rings. The molecule has 1 unspecified atom stereocenters. The number of amides is 1. The zero-order valence-electron chi connectivity index (χ0n) is 17.2. The van der Waals surface area contributed by atoms with Crippen molar-refractivity contribution >= 4 is 5.91 Å². The monoisotopic (exact) mass is 406 g/mol. The predicted octanol–water partition coefficient (Wildman–Crippen LogP) is 4.96. The number of rotatable bonds is 6. The lowest BCUT2D eigenvalue weighted by molar-refractivity contribution is 0.0940. The number of nitrogens with one attached hydrogen (secondary N) is 1. The Labute approximate surface area is 181 Å². The van der Waals surface area contributed by atoms with Gasteiger partial charge in [-0.15, -0.1) is 0 Å². The molecule has 0 saturated carbocycles. The fourth-order valence-electron chi connectivity index (χ4n) is 3.45. The minimum Gasteiger partial charge on any atom is -0.345 e. The lowest BCUT2D eigenvalue weighted by atomic mass is 10.0. The summed E-state index contributed by atoms with van der Waals surface area (Å²) in [6.07, 6.45) is 1.80. The molecule has 0 fully saturated rings. The van der Waals surface area contributed by atoms with Gasteiger partial charge in [-0.2, -0.15) is 10.4 Å². The zero-order valence-corrected chi connectivity index (χ0v) is 17.2. The third-order valence-corrected chi connectivity index (χ3v) is 5.13. The van der Waals surface area contributed by atoms with Crippen LogP contribution < -0.4 is 5.32 Å². The molecule has 0 spiro atoms. The summed E-state index contributed by atoms with van der Waals surface area (Å²) in [5, 5.41) is 16.8. The molecular weight excluding hydrogens is 384 g/mol. The molecule has 0 aliphatic rings. The van der Waals surface area contributed by atoms with Gasteiger partial charge in [0.05, 0.1) is 29.8 Å². The van der Waals surface area contributed by atoms with Crippen LogP contribution in [0.4, 0.5) is 0 Å². The van der Waals surface area contributed by atoms with Gasteiger partial charge >= 0.3 is 0 Å². The van der Waals surface area contributed by atoms with Gasteiger partial charge in [-0.3, -0.25) is 9.48 Å². The number of carbonyl (C=O) groups excluding carboxylic acids is 1. The molecule has 31 heavy (non-hydrogen) atoms. The van der Waals surface area contributed by atoms with E-state index < -0.39 is 0 Å². The fraction of sp³-hybridized carbons (Fsp3) is 0.115. The SMILES string of the molecule is CC(NC(=O)c1cn(Cc2ccccc2)nc1-c1ccccc1)c1ccc(C#N)cc1. The quantitative estimate of drug-likeness (QED) is 0.492. The van der Waals surface area contributed by atoms with E-state index in [1.807, 2.05) is 79.7 Å². The van der Waals surface area contributed by atoms with Crippen molar-refractivity contribution in [3.05, 3.63) is 113 Å². The van der Waals surface area contributed by atoms with Crippen molar-refractivity contribution in [1.29, 1.82) is 5.26 Å². The van der Waals surface area contributed by atoms with Gasteiger partial charge in [0.15, 0.2) is 0 Å². The second-order valence-corrected chi connectivity index (χ2v) is 7.37. The highest BCUT2D eigenvalue weighted by Crippen LogP contribution is 2.23. The van der Waals surface area contributed by atoms with Crippen LogP contribution in [0.2, 0.25) is 0 Å². The summed E-state index contributed by atoms with van der Waals surface area (Å²) < 4.78 is 1.80. The van der Waals surface area contributed by atoms with Crippen molar-refractivity contribution in [2.75, 3.05) is 0 Å². The van der Waals surface area contributed by atoms with Crippen LogP contribution in [0.1, 0.15) is 40.0 Å². The molecule has 152 valence electrons. The summed E-state index contributed by atoms with van der Waals surface area (Å²) in [4.78, 5) is 13.2. The van der Waals surface area contributed by atoms with E-state index in [0.29, 0.717) is 23.4 Å². The van der Waals surface area contributed by atoms with Crippen LogP contribution in [0.25, 0.3) is 11.3 Å². The van der Waals surface area contributed by atoms with Crippen molar-refractivity contribution in [2.45, 2.75) is 19.5 Å². The van der Waals surface area contributed by atoms with Crippen LogP contribution >= 0.6 is 0 Å². The number of hydrogen-bond acceptors (Lipinski definition) is 3. The van der Waals surface area contributed by atoms with E-state index in [9.17, 15) is 4.79 Å². The highest BCUT2D eigenvalue weighted by molar-refractivity contribution is 6.00. The molecule has 0 saturated heterocycles. The average Bonchev–Trinajstić information content (AvgIpc) is 3.24. The number of nitriles is 1. The molecule has 5 heteroatoms. The summed E-state index contributed by atoms with van der Waals surface area (Å²) in [7, 11) is 0. The summed E-state index contributed by atoms with van der Waals surface area (Å²) in [5.74, 6) is -0.185. The Morgan fingerprint density at radius 3 is 2.29 bits per heavy atom. The molecule has 4 rings (SSSR count). The normalized spacial score (nSPS) is 11.5. The van der Waals surface area contributed by atoms with Crippen LogP contribution in [-0.4, -0.2) is 15.7 Å². The zero-order chi connectivity index (χ0) is 21.6. The minimum absolute atomic E-state index is 0.185. The van der Waals surface area contributed by atoms with Gasteiger partial charge in [0.1, 0.15) is 5.69 Å². The van der Waals surface area contributed by atoms with Crippen LogP contribution in [0, 0.1) is 11.3 Å². The molecule has 0 aliphatic heterocycles. The summed E-state index contributed by atoms with van der Waals surface area (Å²) in [5.41, 5.74) is 4.72. The molecule has 1 heterocycles. The maximum absolute atomic E-state index is 13.2. The van der Waals surface area contributed by atoms with Crippen molar-refractivity contribution in [2.24, 2.45) is 0 Å². The highest BCUT2D eigenvalue weighted by atomic mass is 16.1. The third kappa shape index (κ3) is 4.71. The first-order valence-electron chi connectivity index (χ1n) is 10.1. The standard InChI is InChI=1S/C26H22N4O/c1-19(22-14-12-20(16-27)13-15-22)28-26(31)24-18-30(17-21-8-4-2-5-9-21)29-25(24)23-10-6-3-7-11-23/h2-15,18-19H,17H2,1H3,(H,28,31). The van der Waals surface area contributed by atoms with Crippen molar-refractivity contribution in [3.8, 4) is 17.3 Å². The summed E-state index contributed by atoms with van der Waals surface area (Å²) in [6.45, 7) is 2.51. The van der Waals surface area contributed by atoms with Gasteiger partial charge in [-0.1, -0.05) is 72.8 Å². The molecule has 1 atom stereocenters. The Morgan fingerprint density at radius 1 is 1.00 bits per heavy atom. The van der Waals surface area contributed by atoms with Gasteiger partial charge in [-0.05, 0) is 30.2 Å². The Kier molecular flexibility index (Phi) is 5.91. The minimum atomic E-state index is -0.207. The molecule has 0 bridgehead atoms. The average molecular weight is 406 g/mol. The first-order valence-corrected chi connectivity index (χ1v) is 10.1. The number of carbonyl (C=O) groups is 1. The van der Waals surface area contributed by atoms with E-state index in [4.69, 9.17) is 10.4 Å². The third-order valence-electron chi connectivity index (χ3n) is 5.13.